The number of aromatic amines is 1. The molecule has 98 valence electrons. The maximum atomic E-state index is 13.5. The first-order valence-electron chi connectivity index (χ1n) is 5.12. The Morgan fingerprint density at radius 1 is 1.47 bits per heavy atom. The summed E-state index contributed by atoms with van der Waals surface area (Å²) in [5, 5.41) is 17.7. The Morgan fingerprint density at radius 3 is 2.84 bits per heavy atom. The molecule has 0 fully saturated rings. The summed E-state index contributed by atoms with van der Waals surface area (Å²) in [4.78, 5) is 11.9. The number of halogens is 1. The van der Waals surface area contributed by atoms with Crippen molar-refractivity contribution in [3.05, 3.63) is 41.3 Å². The third-order valence-corrected chi connectivity index (χ3v) is 2.56. The van der Waals surface area contributed by atoms with Gasteiger partial charge in [-0.05, 0) is 12.1 Å². The van der Waals surface area contributed by atoms with E-state index in [9.17, 15) is 9.18 Å². The predicted molar refractivity (Wildman–Crippen MR) is 70.5 cm³/mol. The molecule has 1 amide bonds. The van der Waals surface area contributed by atoms with Gasteiger partial charge in [-0.25, -0.2) is 4.39 Å². The molecule has 1 aromatic carbocycles. The van der Waals surface area contributed by atoms with Gasteiger partial charge in [0.2, 0.25) is 0 Å². The maximum absolute atomic E-state index is 13.5. The van der Waals surface area contributed by atoms with Crippen molar-refractivity contribution in [3.8, 4) is 5.75 Å². The van der Waals surface area contributed by atoms with E-state index in [1.807, 2.05) is 0 Å². The highest BCUT2D eigenvalue weighted by Crippen LogP contribution is 2.17. The number of rotatable bonds is 3. The number of amides is 1. The summed E-state index contributed by atoms with van der Waals surface area (Å²) in [5.74, 6) is -1.63. The minimum atomic E-state index is -0.839. The highest BCUT2D eigenvalue weighted by atomic mass is 32.1. The third kappa shape index (κ3) is 2.68. The SMILES string of the molecule is NC(=S)c1cn[nH]c1NC(=O)c1ccc(O)cc1F. The average molecular weight is 280 g/mol. The first kappa shape index (κ1) is 13.0. The predicted octanol–water partition coefficient (Wildman–Crippen LogP) is 1.14. The van der Waals surface area contributed by atoms with Crippen LogP contribution in [-0.2, 0) is 0 Å². The van der Waals surface area contributed by atoms with Crippen molar-refractivity contribution in [2.24, 2.45) is 5.73 Å². The van der Waals surface area contributed by atoms with E-state index < -0.39 is 11.7 Å². The first-order valence-corrected chi connectivity index (χ1v) is 5.53. The Morgan fingerprint density at radius 2 is 2.21 bits per heavy atom. The van der Waals surface area contributed by atoms with Crippen molar-refractivity contribution >= 4 is 28.9 Å². The number of aromatic hydroxyl groups is 1. The van der Waals surface area contributed by atoms with Crippen LogP contribution >= 0.6 is 12.2 Å². The summed E-state index contributed by atoms with van der Waals surface area (Å²) in [6.45, 7) is 0. The Bertz CT molecular complexity index is 656. The molecule has 6 nitrogen and oxygen atoms in total. The Labute approximate surface area is 112 Å². The lowest BCUT2D eigenvalue weighted by Gasteiger charge is -2.06. The van der Waals surface area contributed by atoms with Gasteiger partial charge in [0.05, 0.1) is 17.3 Å². The number of phenols is 1. The van der Waals surface area contributed by atoms with E-state index in [0.29, 0.717) is 5.56 Å². The highest BCUT2D eigenvalue weighted by molar-refractivity contribution is 7.80. The molecule has 0 saturated carbocycles. The summed E-state index contributed by atoms with van der Waals surface area (Å²) in [6.07, 6.45) is 1.35. The Balaban J connectivity index is 2.26. The molecule has 2 aromatic rings. The molecule has 1 heterocycles. The van der Waals surface area contributed by atoms with E-state index in [0.717, 1.165) is 12.1 Å². The molecular weight excluding hydrogens is 271 g/mol. The number of aromatic nitrogens is 2. The molecule has 0 unspecified atom stereocenters. The van der Waals surface area contributed by atoms with Crippen LogP contribution in [0, 0.1) is 5.82 Å². The molecule has 1 aromatic heterocycles. The molecule has 0 aliphatic carbocycles. The molecule has 5 N–H and O–H groups in total. The number of nitrogens with one attached hydrogen (secondary N) is 2. The number of carbonyl (C=O) groups is 1. The van der Waals surface area contributed by atoms with Crippen LogP contribution in [-0.4, -0.2) is 26.2 Å². The van der Waals surface area contributed by atoms with Crippen molar-refractivity contribution < 1.29 is 14.3 Å². The molecule has 0 aliphatic rings. The number of benzene rings is 1. The molecule has 0 spiro atoms. The maximum Gasteiger partial charge on any atom is 0.259 e. The number of thiocarbonyl (C=S) groups is 1. The number of anilines is 1. The lowest BCUT2D eigenvalue weighted by molar-refractivity contribution is 0.102. The van der Waals surface area contributed by atoms with Crippen molar-refractivity contribution in [3.63, 3.8) is 0 Å². The fourth-order valence-electron chi connectivity index (χ4n) is 1.44. The van der Waals surface area contributed by atoms with Crippen molar-refractivity contribution in [1.29, 1.82) is 0 Å². The topological polar surface area (TPSA) is 104 Å². The summed E-state index contributed by atoms with van der Waals surface area (Å²) >= 11 is 4.78. The van der Waals surface area contributed by atoms with Gasteiger partial charge in [0.1, 0.15) is 22.4 Å². The van der Waals surface area contributed by atoms with Gasteiger partial charge in [0.25, 0.3) is 5.91 Å². The van der Waals surface area contributed by atoms with E-state index in [1.54, 1.807) is 0 Å². The Kier molecular flexibility index (Phi) is 3.43. The van der Waals surface area contributed by atoms with E-state index in [1.165, 1.54) is 12.3 Å². The monoisotopic (exact) mass is 280 g/mol. The normalized spacial score (nSPS) is 10.2. The zero-order chi connectivity index (χ0) is 14.0. The second kappa shape index (κ2) is 5.02. The lowest BCUT2D eigenvalue weighted by Crippen LogP contribution is -2.17. The fourth-order valence-corrected chi connectivity index (χ4v) is 1.59. The highest BCUT2D eigenvalue weighted by Gasteiger charge is 2.16. The molecule has 0 aliphatic heterocycles. The van der Waals surface area contributed by atoms with Crippen molar-refractivity contribution in [1.82, 2.24) is 10.2 Å². The zero-order valence-corrected chi connectivity index (χ0v) is 10.3. The quantitative estimate of drug-likeness (QED) is 0.631. The van der Waals surface area contributed by atoms with Crippen LogP contribution in [0.5, 0.6) is 5.75 Å². The smallest absolute Gasteiger partial charge is 0.259 e. The minimum Gasteiger partial charge on any atom is -0.508 e. The molecular formula is C11H9FN4O2S. The molecule has 19 heavy (non-hydrogen) atoms. The second-order valence-corrected chi connectivity index (χ2v) is 4.08. The van der Waals surface area contributed by atoms with Gasteiger partial charge in [-0.2, -0.15) is 5.10 Å². The van der Waals surface area contributed by atoms with Crippen LogP contribution in [0.3, 0.4) is 0 Å². The number of hydrogen-bond donors (Lipinski definition) is 4. The summed E-state index contributed by atoms with van der Waals surface area (Å²) in [5.41, 5.74) is 5.56. The number of nitrogens with two attached hydrogens (primary N) is 1. The van der Waals surface area contributed by atoms with E-state index in [-0.39, 0.29) is 22.1 Å². The van der Waals surface area contributed by atoms with E-state index in [2.05, 4.69) is 15.5 Å². The largest absolute Gasteiger partial charge is 0.508 e. The minimum absolute atomic E-state index is 0.0511. The average Bonchev–Trinajstić information content (AvgIpc) is 2.76. The summed E-state index contributed by atoms with van der Waals surface area (Å²) < 4.78 is 13.5. The zero-order valence-electron chi connectivity index (χ0n) is 9.48. The Hall–Kier alpha value is -2.48. The third-order valence-electron chi connectivity index (χ3n) is 2.34. The van der Waals surface area contributed by atoms with Gasteiger partial charge in [-0.3, -0.25) is 9.89 Å². The van der Waals surface area contributed by atoms with Gasteiger partial charge in [-0.15, -0.1) is 0 Å². The van der Waals surface area contributed by atoms with Crippen molar-refractivity contribution in [2.75, 3.05) is 5.32 Å². The van der Waals surface area contributed by atoms with E-state index >= 15 is 0 Å². The van der Waals surface area contributed by atoms with Gasteiger partial charge in [0.15, 0.2) is 0 Å². The van der Waals surface area contributed by atoms with Crippen LogP contribution in [0.4, 0.5) is 10.2 Å². The molecule has 0 bridgehead atoms. The molecule has 8 heteroatoms. The van der Waals surface area contributed by atoms with Crippen LogP contribution in [0.1, 0.15) is 15.9 Å². The van der Waals surface area contributed by atoms with Gasteiger partial charge in [0, 0.05) is 6.07 Å². The second-order valence-electron chi connectivity index (χ2n) is 3.64. The van der Waals surface area contributed by atoms with E-state index in [4.69, 9.17) is 23.1 Å². The van der Waals surface area contributed by atoms with Gasteiger partial charge in [-0.1, -0.05) is 12.2 Å². The number of phenolic OH excluding ortho intramolecular Hbond substituents is 1. The first-order chi connectivity index (χ1) is 8.99. The van der Waals surface area contributed by atoms with Gasteiger partial charge < -0.3 is 16.2 Å². The van der Waals surface area contributed by atoms with Gasteiger partial charge >= 0.3 is 0 Å². The standard InChI is InChI=1S/C11H9FN4O2S/c12-8-3-5(17)1-2-6(8)11(18)15-10-7(9(13)19)4-14-16-10/h1-4,17H,(H2,13,19)(H2,14,15,16,18). The number of H-pyrrole nitrogens is 1. The summed E-state index contributed by atoms with van der Waals surface area (Å²) in [7, 11) is 0. The molecule has 0 saturated heterocycles. The molecule has 2 rings (SSSR count). The van der Waals surface area contributed by atoms with Crippen LogP contribution < -0.4 is 11.1 Å². The summed E-state index contributed by atoms with van der Waals surface area (Å²) in [6, 6.07) is 3.21. The van der Waals surface area contributed by atoms with Crippen LogP contribution in [0.2, 0.25) is 0 Å². The van der Waals surface area contributed by atoms with Crippen molar-refractivity contribution in [2.45, 2.75) is 0 Å². The fraction of sp³-hybridized carbons (Fsp3) is 0. The van der Waals surface area contributed by atoms with Crippen LogP contribution in [0.15, 0.2) is 24.4 Å². The molecule has 0 radical (unpaired) electrons. The lowest BCUT2D eigenvalue weighted by atomic mass is 10.2. The number of nitrogens with zero attached hydrogens (tertiary/aromatic N) is 1. The molecule has 0 atom stereocenters. The van der Waals surface area contributed by atoms with Crippen LogP contribution in [0.25, 0.3) is 0 Å². The number of carbonyl (C=O) groups excluding carboxylic acids is 1. The number of hydrogen-bond acceptors (Lipinski definition) is 4.